The summed E-state index contributed by atoms with van der Waals surface area (Å²) >= 11 is 0. The highest BCUT2D eigenvalue weighted by Crippen LogP contribution is 2.27. The smallest absolute Gasteiger partial charge is 0.230 e. The molecule has 1 aromatic rings. The maximum atomic E-state index is 12.3. The first kappa shape index (κ1) is 21.7. The average molecular weight is 375 g/mol. The number of anilines is 1. The van der Waals surface area contributed by atoms with Crippen LogP contribution >= 0.6 is 0 Å². The van der Waals surface area contributed by atoms with Gasteiger partial charge in [-0.15, -0.1) is 0 Å². The minimum Gasteiger partial charge on any atom is -0.310 e. The minimum atomic E-state index is -0.403. The van der Waals surface area contributed by atoms with Crippen molar-refractivity contribution in [3.05, 3.63) is 23.9 Å². The average Bonchev–Trinajstić information content (AvgIpc) is 3.02. The standard InChI is InChI=1S/C22H38N4O/c1-17(2)8-7-9-18(3)16-25-14-11-19(12-15-25)26-20(10-13-23-26)24-21(27)22(4,5)6/h8,10,13,18-19H,7,9,11-12,14-16H2,1-6H3,(H,24,27)/t18-/m0/s1. The number of piperidine rings is 1. The normalized spacial score (nSPS) is 17.6. The number of aromatic nitrogens is 2. The molecule has 1 aliphatic heterocycles. The zero-order valence-corrected chi connectivity index (χ0v) is 18.1. The van der Waals surface area contributed by atoms with E-state index in [1.165, 1.54) is 25.0 Å². The molecule has 0 aliphatic carbocycles. The number of nitrogens with one attached hydrogen (secondary N) is 1. The van der Waals surface area contributed by atoms with E-state index >= 15 is 0 Å². The molecule has 5 nitrogen and oxygen atoms in total. The zero-order valence-electron chi connectivity index (χ0n) is 18.1. The van der Waals surface area contributed by atoms with Crippen LogP contribution in [0, 0.1) is 11.3 Å². The van der Waals surface area contributed by atoms with Crippen molar-refractivity contribution < 1.29 is 4.79 Å². The Labute approximate surface area is 165 Å². The van der Waals surface area contributed by atoms with Crippen molar-refractivity contribution >= 4 is 11.7 Å². The fourth-order valence-corrected chi connectivity index (χ4v) is 3.54. The third-order valence-corrected chi connectivity index (χ3v) is 5.28. The van der Waals surface area contributed by atoms with Crippen LogP contribution in [0.2, 0.25) is 0 Å². The number of allylic oxidation sites excluding steroid dienone is 2. The van der Waals surface area contributed by atoms with Crippen LogP contribution < -0.4 is 5.32 Å². The van der Waals surface area contributed by atoms with Crippen LogP contribution in [0.15, 0.2) is 23.9 Å². The van der Waals surface area contributed by atoms with Crippen LogP contribution in [0.3, 0.4) is 0 Å². The number of amides is 1. The lowest BCUT2D eigenvalue weighted by Gasteiger charge is -2.34. The fourth-order valence-electron chi connectivity index (χ4n) is 3.54. The van der Waals surface area contributed by atoms with E-state index in [0.717, 1.165) is 37.7 Å². The van der Waals surface area contributed by atoms with Crippen LogP contribution in [0.4, 0.5) is 5.82 Å². The molecule has 27 heavy (non-hydrogen) atoms. The number of hydrogen-bond donors (Lipinski definition) is 1. The number of nitrogens with zero attached hydrogens (tertiary/aromatic N) is 3. The van der Waals surface area contributed by atoms with Gasteiger partial charge in [-0.3, -0.25) is 4.79 Å². The van der Waals surface area contributed by atoms with E-state index in [0.29, 0.717) is 6.04 Å². The number of carbonyl (C=O) groups is 1. The van der Waals surface area contributed by atoms with Crippen LogP contribution in [0.25, 0.3) is 0 Å². The summed E-state index contributed by atoms with van der Waals surface area (Å²) in [7, 11) is 0. The van der Waals surface area contributed by atoms with Gasteiger partial charge < -0.3 is 10.2 Å². The molecule has 0 radical (unpaired) electrons. The van der Waals surface area contributed by atoms with Gasteiger partial charge in [-0.05, 0) is 45.4 Å². The molecule has 5 heteroatoms. The molecule has 1 N–H and O–H groups in total. The molecule has 1 aromatic heterocycles. The van der Waals surface area contributed by atoms with Gasteiger partial charge in [-0.1, -0.05) is 39.3 Å². The Morgan fingerprint density at radius 2 is 2.00 bits per heavy atom. The Morgan fingerprint density at radius 1 is 1.33 bits per heavy atom. The molecule has 0 spiro atoms. The van der Waals surface area contributed by atoms with Crippen molar-refractivity contribution in [2.45, 2.75) is 73.3 Å². The van der Waals surface area contributed by atoms with Gasteiger partial charge in [0.1, 0.15) is 5.82 Å². The largest absolute Gasteiger partial charge is 0.310 e. The quantitative estimate of drug-likeness (QED) is 0.692. The first-order valence-electron chi connectivity index (χ1n) is 10.4. The second kappa shape index (κ2) is 9.54. The van der Waals surface area contributed by atoms with Gasteiger partial charge >= 0.3 is 0 Å². The van der Waals surface area contributed by atoms with E-state index in [1.54, 1.807) is 6.20 Å². The fraction of sp³-hybridized carbons (Fsp3) is 0.727. The number of hydrogen-bond acceptors (Lipinski definition) is 3. The minimum absolute atomic E-state index is 0.0341. The summed E-state index contributed by atoms with van der Waals surface area (Å²) in [6.45, 7) is 15.9. The molecule has 1 aliphatic rings. The summed E-state index contributed by atoms with van der Waals surface area (Å²) in [4.78, 5) is 14.9. The lowest BCUT2D eigenvalue weighted by molar-refractivity contribution is -0.123. The molecular formula is C22H38N4O. The maximum Gasteiger partial charge on any atom is 0.230 e. The van der Waals surface area contributed by atoms with Gasteiger partial charge in [0, 0.05) is 31.1 Å². The van der Waals surface area contributed by atoms with Gasteiger partial charge in [0.15, 0.2) is 0 Å². The molecule has 152 valence electrons. The Kier molecular flexibility index (Phi) is 7.66. The molecule has 1 saturated heterocycles. The molecule has 0 saturated carbocycles. The molecule has 2 heterocycles. The van der Waals surface area contributed by atoms with Crippen molar-refractivity contribution in [3.63, 3.8) is 0 Å². The Bertz CT molecular complexity index is 629. The topological polar surface area (TPSA) is 50.2 Å². The van der Waals surface area contributed by atoms with Crippen LogP contribution in [-0.4, -0.2) is 40.2 Å². The maximum absolute atomic E-state index is 12.3. The number of likely N-dealkylation sites (tertiary alicyclic amines) is 1. The molecule has 2 rings (SSSR count). The highest BCUT2D eigenvalue weighted by Gasteiger charge is 2.26. The highest BCUT2D eigenvalue weighted by molar-refractivity contribution is 5.93. The first-order valence-corrected chi connectivity index (χ1v) is 10.4. The van der Waals surface area contributed by atoms with Crippen molar-refractivity contribution in [1.82, 2.24) is 14.7 Å². The second-order valence-corrected chi connectivity index (χ2v) is 9.36. The van der Waals surface area contributed by atoms with Crippen molar-refractivity contribution in [1.29, 1.82) is 0 Å². The van der Waals surface area contributed by atoms with Gasteiger partial charge in [0.25, 0.3) is 0 Å². The van der Waals surface area contributed by atoms with Gasteiger partial charge in [0.05, 0.1) is 12.2 Å². The van der Waals surface area contributed by atoms with Crippen molar-refractivity contribution in [2.24, 2.45) is 11.3 Å². The number of carbonyl (C=O) groups excluding carboxylic acids is 1. The Balaban J connectivity index is 1.83. The van der Waals surface area contributed by atoms with Gasteiger partial charge in [0.2, 0.25) is 5.91 Å². The molecule has 1 atom stereocenters. The molecule has 0 unspecified atom stereocenters. The van der Waals surface area contributed by atoms with Crippen molar-refractivity contribution in [3.8, 4) is 0 Å². The monoisotopic (exact) mass is 374 g/mol. The molecule has 1 amide bonds. The Morgan fingerprint density at radius 3 is 2.59 bits per heavy atom. The van der Waals surface area contributed by atoms with E-state index in [2.05, 4.69) is 42.2 Å². The lowest BCUT2D eigenvalue weighted by Crippen LogP contribution is -2.38. The van der Waals surface area contributed by atoms with Crippen LogP contribution in [0.1, 0.15) is 73.3 Å². The van der Waals surface area contributed by atoms with Crippen molar-refractivity contribution in [2.75, 3.05) is 25.0 Å². The number of rotatable bonds is 7. The lowest BCUT2D eigenvalue weighted by atomic mass is 9.96. The summed E-state index contributed by atoms with van der Waals surface area (Å²) in [5.74, 6) is 1.58. The summed E-state index contributed by atoms with van der Waals surface area (Å²) in [6.07, 6.45) is 8.74. The van der Waals surface area contributed by atoms with E-state index < -0.39 is 5.41 Å². The molecular weight excluding hydrogens is 336 g/mol. The van der Waals surface area contributed by atoms with Gasteiger partial charge in [-0.25, -0.2) is 4.68 Å². The van der Waals surface area contributed by atoms with Gasteiger partial charge in [-0.2, -0.15) is 5.10 Å². The first-order chi connectivity index (χ1) is 12.7. The highest BCUT2D eigenvalue weighted by atomic mass is 16.2. The van der Waals surface area contributed by atoms with E-state index in [4.69, 9.17) is 0 Å². The van der Waals surface area contributed by atoms with E-state index in [-0.39, 0.29) is 5.91 Å². The third-order valence-electron chi connectivity index (χ3n) is 5.28. The molecule has 0 aromatic carbocycles. The summed E-state index contributed by atoms with van der Waals surface area (Å²) in [6, 6.07) is 2.27. The zero-order chi connectivity index (χ0) is 20.0. The second-order valence-electron chi connectivity index (χ2n) is 9.36. The Hall–Kier alpha value is -1.62. The molecule has 1 fully saturated rings. The predicted octanol–water partition coefficient (Wildman–Crippen LogP) is 4.89. The van der Waals surface area contributed by atoms with E-state index in [9.17, 15) is 4.79 Å². The summed E-state index contributed by atoms with van der Waals surface area (Å²) in [5.41, 5.74) is 1.01. The van der Waals surface area contributed by atoms with Crippen LogP contribution in [0.5, 0.6) is 0 Å². The third kappa shape index (κ3) is 6.80. The summed E-state index contributed by atoms with van der Waals surface area (Å²) in [5, 5.41) is 7.54. The predicted molar refractivity (Wildman–Crippen MR) is 113 cm³/mol. The summed E-state index contributed by atoms with van der Waals surface area (Å²) < 4.78 is 2.01. The van der Waals surface area contributed by atoms with Crippen LogP contribution in [-0.2, 0) is 4.79 Å². The van der Waals surface area contributed by atoms with E-state index in [1.807, 2.05) is 31.5 Å². The molecule has 0 bridgehead atoms. The SMILES string of the molecule is CC(C)=CCC[C@H](C)CN1CCC(n2nccc2NC(=O)C(C)(C)C)CC1.